The van der Waals surface area contributed by atoms with E-state index < -0.39 is 0 Å². The van der Waals surface area contributed by atoms with Gasteiger partial charge in [0.05, 0.1) is 27.8 Å². The Morgan fingerprint density at radius 3 is 1.94 bits per heavy atom. The number of aromatic nitrogens is 5. The summed E-state index contributed by atoms with van der Waals surface area (Å²) in [5.41, 5.74) is 6.86. The quantitative estimate of drug-likeness (QED) is 0.300. The van der Waals surface area contributed by atoms with Crippen molar-refractivity contribution in [1.82, 2.24) is 24.5 Å². The van der Waals surface area contributed by atoms with E-state index in [0.29, 0.717) is 0 Å². The van der Waals surface area contributed by atoms with Crippen LogP contribution in [0.25, 0.3) is 49.9 Å². The zero-order valence-electron chi connectivity index (χ0n) is 19.8. The van der Waals surface area contributed by atoms with E-state index in [2.05, 4.69) is 60.8 Å². The van der Waals surface area contributed by atoms with Crippen LogP contribution >= 0.6 is 0 Å². The normalized spacial score (nSPS) is 10.9. The largest absolute Gasteiger partial charge is 0.378 e. The van der Waals surface area contributed by atoms with Crippen LogP contribution in [0.2, 0.25) is 0 Å². The van der Waals surface area contributed by atoms with E-state index in [9.17, 15) is 0 Å². The van der Waals surface area contributed by atoms with Crippen LogP contribution in [0.1, 0.15) is 13.8 Å². The average molecular weight is 447 g/mol. The summed E-state index contributed by atoms with van der Waals surface area (Å²) < 4.78 is 2.21. The monoisotopic (exact) mass is 446 g/mol. The third-order valence-corrected chi connectivity index (χ3v) is 5.79. The summed E-state index contributed by atoms with van der Waals surface area (Å²) in [6, 6.07) is 20.6. The second-order valence-corrected chi connectivity index (χ2v) is 7.91. The molecule has 0 bridgehead atoms. The molecule has 0 radical (unpaired) electrons. The van der Waals surface area contributed by atoms with Crippen LogP contribution in [0.5, 0.6) is 0 Å². The summed E-state index contributed by atoms with van der Waals surface area (Å²) >= 11 is 0. The molecule has 0 aliphatic rings. The third-order valence-electron chi connectivity index (χ3n) is 5.79. The fourth-order valence-electron chi connectivity index (χ4n) is 4.27. The van der Waals surface area contributed by atoms with Gasteiger partial charge < -0.3 is 4.90 Å². The highest BCUT2D eigenvalue weighted by Gasteiger charge is 2.20. The van der Waals surface area contributed by atoms with E-state index in [1.54, 1.807) is 0 Å². The molecule has 0 unspecified atom stereocenters. The molecular formula is C28H26N6. The first-order valence-electron chi connectivity index (χ1n) is 11.4. The number of hydrogen-bond acceptors (Lipinski definition) is 5. The third kappa shape index (κ3) is 3.44. The minimum atomic E-state index is 0.865. The molecule has 34 heavy (non-hydrogen) atoms. The van der Waals surface area contributed by atoms with Crippen molar-refractivity contribution in [3.8, 4) is 17.1 Å². The van der Waals surface area contributed by atoms with Gasteiger partial charge >= 0.3 is 0 Å². The number of imidazole rings is 1. The van der Waals surface area contributed by atoms with Crippen molar-refractivity contribution in [3.63, 3.8) is 0 Å². The summed E-state index contributed by atoms with van der Waals surface area (Å²) in [5.74, 6) is 0.873. The molecule has 0 N–H and O–H groups in total. The van der Waals surface area contributed by atoms with Crippen molar-refractivity contribution in [3.05, 3.63) is 85.5 Å². The van der Waals surface area contributed by atoms with Crippen molar-refractivity contribution >= 4 is 38.5 Å². The maximum Gasteiger partial charge on any atom is 0.145 e. The fraction of sp³-hybridized carbons (Fsp3) is 0.143. The Bertz CT molecular complexity index is 1580. The molecule has 0 fully saturated rings. The molecule has 0 aliphatic heterocycles. The zero-order chi connectivity index (χ0) is 23.7. The summed E-state index contributed by atoms with van der Waals surface area (Å²) in [5, 5.41) is 2.02. The van der Waals surface area contributed by atoms with Gasteiger partial charge in [0.1, 0.15) is 5.82 Å². The number of rotatable bonds is 3. The molecular weight excluding hydrogens is 420 g/mol. The Labute approximate surface area is 198 Å². The van der Waals surface area contributed by atoms with Gasteiger partial charge in [-0.15, -0.1) is 0 Å². The lowest BCUT2D eigenvalue weighted by Crippen LogP contribution is -2.08. The molecule has 0 saturated carbocycles. The molecule has 6 rings (SSSR count). The standard InChI is InChI=1S/C26H20N6.C2H6/c1-31(2)18-9-7-17(8-10-18)26-30-24-20-5-3-13-28-22(20)23-21(6-4-14-29-23)25(24)32(26)19-11-15-27-16-12-19;1-2/h3-16H,1-2H3;1-2H3. The average Bonchev–Trinajstić information content (AvgIpc) is 3.32. The second-order valence-electron chi connectivity index (χ2n) is 7.91. The van der Waals surface area contributed by atoms with Gasteiger partial charge in [0.2, 0.25) is 0 Å². The van der Waals surface area contributed by atoms with E-state index in [-0.39, 0.29) is 0 Å². The highest BCUT2D eigenvalue weighted by atomic mass is 15.1. The van der Waals surface area contributed by atoms with Crippen LogP contribution in [0, 0.1) is 0 Å². The number of nitrogens with zero attached hydrogens (tertiary/aromatic N) is 6. The number of anilines is 1. The molecule has 2 aromatic carbocycles. The van der Waals surface area contributed by atoms with Crippen LogP contribution in [0.4, 0.5) is 5.69 Å². The van der Waals surface area contributed by atoms with Crippen LogP contribution in [0.3, 0.4) is 0 Å². The fourth-order valence-corrected chi connectivity index (χ4v) is 4.27. The Morgan fingerprint density at radius 1 is 0.676 bits per heavy atom. The Balaban J connectivity index is 0.00000117. The molecule has 4 heterocycles. The van der Waals surface area contributed by atoms with Gasteiger partial charge in [-0.3, -0.25) is 19.5 Å². The van der Waals surface area contributed by atoms with Crippen molar-refractivity contribution in [2.24, 2.45) is 0 Å². The van der Waals surface area contributed by atoms with Crippen molar-refractivity contribution in [1.29, 1.82) is 0 Å². The summed E-state index contributed by atoms with van der Waals surface area (Å²) in [6.45, 7) is 4.00. The number of benzene rings is 2. The predicted octanol–water partition coefficient (Wildman–Crippen LogP) is 6.28. The van der Waals surface area contributed by atoms with Gasteiger partial charge in [0.25, 0.3) is 0 Å². The zero-order valence-corrected chi connectivity index (χ0v) is 19.8. The van der Waals surface area contributed by atoms with Crippen LogP contribution in [-0.4, -0.2) is 38.6 Å². The maximum absolute atomic E-state index is 5.17. The number of pyridine rings is 3. The Kier molecular flexibility index (Phi) is 5.64. The number of hydrogen-bond donors (Lipinski definition) is 0. The molecule has 0 amide bonds. The van der Waals surface area contributed by atoms with Crippen LogP contribution in [0.15, 0.2) is 85.5 Å². The van der Waals surface area contributed by atoms with Gasteiger partial charge in [-0.1, -0.05) is 13.8 Å². The van der Waals surface area contributed by atoms with E-state index in [0.717, 1.165) is 55.6 Å². The van der Waals surface area contributed by atoms with Gasteiger partial charge in [-0.2, -0.15) is 0 Å². The first-order valence-corrected chi connectivity index (χ1v) is 11.4. The lowest BCUT2D eigenvalue weighted by Gasteiger charge is -2.14. The summed E-state index contributed by atoms with van der Waals surface area (Å²) in [4.78, 5) is 20.8. The maximum atomic E-state index is 5.17. The van der Waals surface area contributed by atoms with Gasteiger partial charge in [0, 0.05) is 60.9 Å². The predicted molar refractivity (Wildman–Crippen MR) is 141 cm³/mol. The minimum absolute atomic E-state index is 0.865. The van der Waals surface area contributed by atoms with Crippen LogP contribution < -0.4 is 4.90 Å². The molecule has 0 saturated heterocycles. The summed E-state index contributed by atoms with van der Waals surface area (Å²) in [7, 11) is 4.08. The Hall–Kier alpha value is -4.32. The topological polar surface area (TPSA) is 59.7 Å². The molecule has 0 spiro atoms. The highest BCUT2D eigenvalue weighted by molar-refractivity contribution is 6.21. The smallest absolute Gasteiger partial charge is 0.145 e. The van der Waals surface area contributed by atoms with Crippen molar-refractivity contribution < 1.29 is 0 Å². The minimum Gasteiger partial charge on any atom is -0.378 e. The van der Waals surface area contributed by atoms with E-state index in [4.69, 9.17) is 4.98 Å². The lowest BCUT2D eigenvalue weighted by molar-refractivity contribution is 1.09. The van der Waals surface area contributed by atoms with Crippen LogP contribution in [-0.2, 0) is 0 Å². The molecule has 168 valence electrons. The van der Waals surface area contributed by atoms with Gasteiger partial charge in [0.15, 0.2) is 0 Å². The highest BCUT2D eigenvalue weighted by Crippen LogP contribution is 2.37. The molecule has 4 aromatic heterocycles. The van der Waals surface area contributed by atoms with E-state index in [1.165, 1.54) is 0 Å². The molecule has 6 nitrogen and oxygen atoms in total. The molecule has 0 atom stereocenters. The van der Waals surface area contributed by atoms with Gasteiger partial charge in [-0.05, 0) is 60.7 Å². The van der Waals surface area contributed by atoms with Crippen molar-refractivity contribution in [2.45, 2.75) is 13.8 Å². The first-order chi connectivity index (χ1) is 16.7. The van der Waals surface area contributed by atoms with Gasteiger partial charge in [-0.25, -0.2) is 4.98 Å². The second kappa shape index (κ2) is 8.90. The first kappa shape index (κ1) is 21.5. The van der Waals surface area contributed by atoms with Crippen molar-refractivity contribution in [2.75, 3.05) is 19.0 Å². The molecule has 0 aliphatic carbocycles. The van der Waals surface area contributed by atoms with E-state index >= 15 is 0 Å². The lowest BCUT2D eigenvalue weighted by atomic mass is 10.1. The molecule has 6 aromatic rings. The number of fused-ring (bicyclic) bond motifs is 6. The SMILES string of the molecule is CC.CN(C)c1ccc(-c2nc3c4cccnc4c4ncccc4c3n2-c2ccncc2)cc1. The Morgan fingerprint density at radius 2 is 1.29 bits per heavy atom. The molecule has 6 heteroatoms. The van der Waals surface area contributed by atoms with E-state index in [1.807, 2.05) is 77.0 Å². The summed E-state index contributed by atoms with van der Waals surface area (Å²) in [6.07, 6.45) is 7.24.